The first kappa shape index (κ1) is 19.0. The van der Waals surface area contributed by atoms with Crippen LogP contribution in [0.1, 0.15) is 24.2 Å². The van der Waals surface area contributed by atoms with Crippen molar-refractivity contribution in [2.45, 2.75) is 25.4 Å². The summed E-state index contributed by atoms with van der Waals surface area (Å²) in [6, 6.07) is 9.54. The molecular formula is C22H20N4O3. The standard InChI is InChI=1S/C22H20N4O3/c23-13-16-11-15(1-4-21(16)29-19-6-9-28-10-7-19)20-5-8-24-22(26-20)12-17-2-3-18(27)14-25-17/h1-5,8,11,19H,6-7,9-10,12,14H2. The summed E-state index contributed by atoms with van der Waals surface area (Å²) < 4.78 is 11.4. The highest BCUT2D eigenvalue weighted by Crippen LogP contribution is 2.27. The van der Waals surface area contributed by atoms with Crippen LogP contribution in [-0.4, -0.2) is 47.3 Å². The molecule has 7 nitrogen and oxygen atoms in total. The first-order valence-corrected chi connectivity index (χ1v) is 9.56. The number of rotatable bonds is 5. The fourth-order valence-corrected chi connectivity index (χ4v) is 3.25. The molecule has 146 valence electrons. The van der Waals surface area contributed by atoms with E-state index in [1.165, 1.54) is 6.08 Å². The van der Waals surface area contributed by atoms with Crippen LogP contribution in [-0.2, 0) is 16.0 Å². The van der Waals surface area contributed by atoms with E-state index in [9.17, 15) is 10.1 Å². The third kappa shape index (κ3) is 4.73. The van der Waals surface area contributed by atoms with Gasteiger partial charge in [0.25, 0.3) is 0 Å². The summed E-state index contributed by atoms with van der Waals surface area (Å²) in [6.07, 6.45) is 7.10. The maximum atomic E-state index is 11.2. The van der Waals surface area contributed by atoms with Crippen molar-refractivity contribution >= 4 is 11.5 Å². The van der Waals surface area contributed by atoms with Gasteiger partial charge >= 0.3 is 0 Å². The number of carbonyl (C=O) groups is 1. The molecular weight excluding hydrogens is 368 g/mol. The van der Waals surface area contributed by atoms with Gasteiger partial charge in [0.05, 0.1) is 24.5 Å². The van der Waals surface area contributed by atoms with Crippen molar-refractivity contribution in [2.75, 3.05) is 19.8 Å². The molecule has 1 aromatic heterocycles. The van der Waals surface area contributed by atoms with E-state index in [0.717, 1.165) is 29.8 Å². The lowest BCUT2D eigenvalue weighted by atomic mass is 10.1. The molecule has 2 aromatic rings. The average molecular weight is 388 g/mol. The number of hydrogen-bond acceptors (Lipinski definition) is 7. The number of dihydropyridines is 1. The summed E-state index contributed by atoms with van der Waals surface area (Å²) in [5.41, 5.74) is 2.80. The lowest BCUT2D eigenvalue weighted by molar-refractivity contribution is -0.113. The molecule has 2 aliphatic heterocycles. The zero-order chi connectivity index (χ0) is 20.1. The van der Waals surface area contributed by atoms with Crippen molar-refractivity contribution in [2.24, 2.45) is 4.99 Å². The van der Waals surface area contributed by atoms with E-state index in [2.05, 4.69) is 21.0 Å². The molecule has 1 fully saturated rings. The second-order valence-corrected chi connectivity index (χ2v) is 6.89. The Hall–Kier alpha value is -3.37. The Morgan fingerprint density at radius 1 is 1.21 bits per heavy atom. The summed E-state index contributed by atoms with van der Waals surface area (Å²) in [7, 11) is 0. The van der Waals surface area contributed by atoms with Crippen LogP contribution in [0.5, 0.6) is 5.75 Å². The van der Waals surface area contributed by atoms with Crippen LogP contribution in [0.3, 0.4) is 0 Å². The second-order valence-electron chi connectivity index (χ2n) is 6.89. The van der Waals surface area contributed by atoms with Crippen LogP contribution in [0.15, 0.2) is 47.6 Å². The number of nitrogens with zero attached hydrogens (tertiary/aromatic N) is 4. The quantitative estimate of drug-likeness (QED) is 0.781. The van der Waals surface area contributed by atoms with E-state index in [1.54, 1.807) is 24.4 Å². The van der Waals surface area contributed by atoms with Crippen molar-refractivity contribution in [3.63, 3.8) is 0 Å². The normalized spacial score (nSPS) is 16.9. The van der Waals surface area contributed by atoms with Crippen LogP contribution >= 0.6 is 0 Å². The zero-order valence-corrected chi connectivity index (χ0v) is 15.9. The van der Waals surface area contributed by atoms with Crippen LogP contribution in [0.4, 0.5) is 0 Å². The Balaban J connectivity index is 1.53. The first-order valence-electron chi connectivity index (χ1n) is 9.56. The van der Waals surface area contributed by atoms with Crippen molar-refractivity contribution < 1.29 is 14.3 Å². The van der Waals surface area contributed by atoms with Gasteiger partial charge in [-0.1, -0.05) is 0 Å². The Labute approximate surface area is 168 Å². The van der Waals surface area contributed by atoms with Crippen molar-refractivity contribution in [3.05, 3.63) is 54.0 Å². The Morgan fingerprint density at radius 2 is 2.07 bits per heavy atom. The molecule has 1 saturated heterocycles. The molecule has 4 rings (SSSR count). The van der Waals surface area contributed by atoms with Gasteiger partial charge in [0.15, 0.2) is 5.78 Å². The molecule has 2 aliphatic rings. The molecule has 0 radical (unpaired) electrons. The van der Waals surface area contributed by atoms with Crippen LogP contribution in [0, 0.1) is 11.3 Å². The van der Waals surface area contributed by atoms with Gasteiger partial charge in [0.2, 0.25) is 0 Å². The molecule has 0 atom stereocenters. The molecule has 0 unspecified atom stereocenters. The third-order valence-electron chi connectivity index (χ3n) is 4.80. The fraction of sp³-hybridized carbons (Fsp3) is 0.318. The zero-order valence-electron chi connectivity index (χ0n) is 15.9. The van der Waals surface area contributed by atoms with Crippen molar-refractivity contribution in [1.29, 1.82) is 5.26 Å². The SMILES string of the molecule is N#Cc1cc(-c2ccnc(CC3=NCC(=O)C=C3)n2)ccc1OC1CCOCC1. The molecule has 0 N–H and O–H groups in total. The second kappa shape index (κ2) is 8.76. The van der Waals surface area contributed by atoms with Gasteiger partial charge in [-0.05, 0) is 36.4 Å². The molecule has 0 spiro atoms. The van der Waals surface area contributed by atoms with Crippen LogP contribution in [0.25, 0.3) is 11.3 Å². The minimum atomic E-state index is -0.00415. The Morgan fingerprint density at radius 3 is 2.83 bits per heavy atom. The van der Waals surface area contributed by atoms with Gasteiger partial charge < -0.3 is 9.47 Å². The third-order valence-corrected chi connectivity index (χ3v) is 4.80. The first-order chi connectivity index (χ1) is 14.2. The molecule has 1 aromatic carbocycles. The topological polar surface area (TPSA) is 97.5 Å². The van der Waals surface area contributed by atoms with Crippen molar-refractivity contribution in [1.82, 2.24) is 9.97 Å². The number of aliphatic imine (C=N–C) groups is 1. The Kier molecular flexibility index (Phi) is 5.73. The van der Waals surface area contributed by atoms with Gasteiger partial charge in [-0.3, -0.25) is 9.79 Å². The van der Waals surface area contributed by atoms with Crippen LogP contribution < -0.4 is 4.74 Å². The van der Waals surface area contributed by atoms with E-state index in [0.29, 0.717) is 36.8 Å². The number of aromatic nitrogens is 2. The van der Waals surface area contributed by atoms with Gasteiger partial charge in [-0.15, -0.1) is 0 Å². The van der Waals surface area contributed by atoms with Crippen molar-refractivity contribution in [3.8, 4) is 23.1 Å². The minimum absolute atomic E-state index is 0.00415. The van der Waals surface area contributed by atoms with E-state index >= 15 is 0 Å². The molecule has 0 saturated carbocycles. The van der Waals surface area contributed by atoms with E-state index in [1.807, 2.05) is 12.1 Å². The molecule has 7 heteroatoms. The monoisotopic (exact) mass is 388 g/mol. The van der Waals surface area contributed by atoms with Gasteiger partial charge in [-0.2, -0.15) is 5.26 Å². The summed E-state index contributed by atoms with van der Waals surface area (Å²) in [6.45, 7) is 1.54. The number of carbonyl (C=O) groups excluding carboxylic acids is 1. The molecule has 0 amide bonds. The number of nitriles is 1. The number of hydrogen-bond donors (Lipinski definition) is 0. The largest absolute Gasteiger partial charge is 0.489 e. The summed E-state index contributed by atoms with van der Waals surface area (Å²) in [5, 5.41) is 9.57. The average Bonchev–Trinajstić information content (AvgIpc) is 2.76. The number of ketones is 1. The summed E-state index contributed by atoms with van der Waals surface area (Å²) in [4.78, 5) is 24.4. The predicted molar refractivity (Wildman–Crippen MR) is 107 cm³/mol. The van der Waals surface area contributed by atoms with Gasteiger partial charge in [-0.25, -0.2) is 9.97 Å². The van der Waals surface area contributed by atoms with E-state index < -0.39 is 0 Å². The predicted octanol–water partition coefficient (Wildman–Crippen LogP) is 2.70. The molecule has 3 heterocycles. The van der Waals surface area contributed by atoms with Gasteiger partial charge in [0, 0.05) is 36.7 Å². The highest BCUT2D eigenvalue weighted by atomic mass is 16.5. The number of ether oxygens (including phenoxy) is 2. The molecule has 29 heavy (non-hydrogen) atoms. The van der Waals surface area contributed by atoms with Crippen LogP contribution in [0.2, 0.25) is 0 Å². The lowest BCUT2D eigenvalue weighted by Crippen LogP contribution is -2.26. The minimum Gasteiger partial charge on any atom is -0.489 e. The molecule has 0 aliphatic carbocycles. The maximum Gasteiger partial charge on any atom is 0.177 e. The van der Waals surface area contributed by atoms with E-state index in [4.69, 9.17) is 9.47 Å². The summed E-state index contributed by atoms with van der Waals surface area (Å²) >= 11 is 0. The number of benzene rings is 1. The lowest BCUT2D eigenvalue weighted by Gasteiger charge is -2.23. The highest BCUT2D eigenvalue weighted by Gasteiger charge is 2.17. The van der Waals surface area contributed by atoms with Gasteiger partial charge in [0.1, 0.15) is 30.3 Å². The summed E-state index contributed by atoms with van der Waals surface area (Å²) in [5.74, 6) is 1.19. The smallest absolute Gasteiger partial charge is 0.177 e. The Bertz CT molecular complexity index is 1020. The van der Waals surface area contributed by atoms with E-state index in [-0.39, 0.29) is 18.4 Å². The molecule has 0 bridgehead atoms. The fourth-order valence-electron chi connectivity index (χ4n) is 3.25. The highest BCUT2D eigenvalue weighted by molar-refractivity contribution is 6.06. The number of allylic oxidation sites excluding steroid dienone is 1. The maximum absolute atomic E-state index is 11.2.